The Bertz CT molecular complexity index is 447. The van der Waals surface area contributed by atoms with E-state index in [1.165, 1.54) is 0 Å². The molecule has 1 aromatic carbocycles. The summed E-state index contributed by atoms with van der Waals surface area (Å²) in [6.45, 7) is 0. The molecule has 17 heavy (non-hydrogen) atoms. The zero-order chi connectivity index (χ0) is 12.6. The van der Waals surface area contributed by atoms with E-state index in [1.807, 2.05) is 0 Å². The number of carbonyl (C=O) groups is 1. The minimum Gasteiger partial charge on any atom is -0.367 e. The van der Waals surface area contributed by atoms with E-state index in [4.69, 9.17) is 45.3 Å². The van der Waals surface area contributed by atoms with Crippen molar-refractivity contribution in [3.63, 3.8) is 0 Å². The molecular formula is C10H9Cl3N2O2. The highest BCUT2D eigenvalue weighted by Gasteiger charge is 2.41. The van der Waals surface area contributed by atoms with Crippen LogP contribution in [-0.4, -0.2) is 15.9 Å². The van der Waals surface area contributed by atoms with Gasteiger partial charge in [0.2, 0.25) is 3.79 Å². The predicted molar refractivity (Wildman–Crippen MR) is 67.2 cm³/mol. The van der Waals surface area contributed by atoms with Gasteiger partial charge in [0, 0.05) is 11.3 Å². The van der Waals surface area contributed by atoms with Crippen molar-refractivity contribution in [3.8, 4) is 0 Å². The molecule has 1 heterocycles. The van der Waals surface area contributed by atoms with Crippen molar-refractivity contribution in [2.75, 3.05) is 5.32 Å². The van der Waals surface area contributed by atoms with Crippen LogP contribution in [0.5, 0.6) is 0 Å². The highest BCUT2D eigenvalue weighted by Crippen LogP contribution is 2.40. The number of alkyl halides is 3. The van der Waals surface area contributed by atoms with Gasteiger partial charge in [-0.3, -0.25) is 4.79 Å². The maximum atomic E-state index is 11.3. The summed E-state index contributed by atoms with van der Waals surface area (Å²) in [5.74, 6) is -0.627. The maximum Gasteiger partial charge on any atom is 0.251 e. The number of amides is 1. The van der Waals surface area contributed by atoms with Gasteiger partial charge in [-0.25, -0.2) is 0 Å². The normalized spacial score (nSPS) is 23.7. The SMILES string of the molecule is NC(=O)C1OC(C(Cl)(Cl)Cl)Nc2ccccc21. The molecule has 4 nitrogen and oxygen atoms in total. The van der Waals surface area contributed by atoms with Crippen molar-refractivity contribution in [2.24, 2.45) is 5.73 Å². The molecule has 0 aliphatic carbocycles. The third kappa shape index (κ3) is 2.60. The van der Waals surface area contributed by atoms with Crippen LogP contribution in [0.15, 0.2) is 24.3 Å². The molecule has 0 bridgehead atoms. The molecule has 1 aromatic rings. The van der Waals surface area contributed by atoms with Crippen molar-refractivity contribution in [3.05, 3.63) is 29.8 Å². The van der Waals surface area contributed by atoms with Crippen LogP contribution in [0.2, 0.25) is 0 Å². The van der Waals surface area contributed by atoms with Gasteiger partial charge in [-0.2, -0.15) is 0 Å². The Morgan fingerprint density at radius 2 is 2.00 bits per heavy atom. The Labute approximate surface area is 113 Å². The molecule has 0 spiro atoms. The van der Waals surface area contributed by atoms with Crippen molar-refractivity contribution >= 4 is 46.4 Å². The number of benzene rings is 1. The summed E-state index contributed by atoms with van der Waals surface area (Å²) in [6, 6.07) is 7.06. The summed E-state index contributed by atoms with van der Waals surface area (Å²) >= 11 is 17.2. The molecule has 92 valence electrons. The van der Waals surface area contributed by atoms with E-state index in [1.54, 1.807) is 24.3 Å². The minimum absolute atomic E-state index is 0.627. The predicted octanol–water partition coefficient (Wildman–Crippen LogP) is 2.35. The van der Waals surface area contributed by atoms with Crippen LogP contribution in [0.3, 0.4) is 0 Å². The monoisotopic (exact) mass is 294 g/mol. The van der Waals surface area contributed by atoms with E-state index in [2.05, 4.69) is 5.32 Å². The minimum atomic E-state index is -1.69. The molecule has 0 radical (unpaired) electrons. The smallest absolute Gasteiger partial charge is 0.251 e. The van der Waals surface area contributed by atoms with E-state index >= 15 is 0 Å². The van der Waals surface area contributed by atoms with Crippen LogP contribution in [-0.2, 0) is 9.53 Å². The first-order valence-corrected chi connectivity index (χ1v) is 5.90. The van der Waals surface area contributed by atoms with Crippen molar-refractivity contribution in [1.29, 1.82) is 0 Å². The van der Waals surface area contributed by atoms with Crippen LogP contribution in [0, 0.1) is 0 Å². The second kappa shape index (κ2) is 4.53. The second-order valence-electron chi connectivity index (χ2n) is 3.57. The van der Waals surface area contributed by atoms with Crippen molar-refractivity contribution < 1.29 is 9.53 Å². The molecule has 2 atom stereocenters. The molecule has 0 saturated heterocycles. The lowest BCUT2D eigenvalue weighted by Crippen LogP contribution is -2.43. The fourth-order valence-corrected chi connectivity index (χ4v) is 1.94. The van der Waals surface area contributed by atoms with Gasteiger partial charge in [0.25, 0.3) is 5.91 Å². The number of nitrogens with two attached hydrogens (primary N) is 1. The number of hydrogen-bond donors (Lipinski definition) is 2. The van der Waals surface area contributed by atoms with Gasteiger partial charge in [0.05, 0.1) is 0 Å². The highest BCUT2D eigenvalue weighted by molar-refractivity contribution is 6.68. The van der Waals surface area contributed by atoms with Crippen LogP contribution in [0.25, 0.3) is 0 Å². The average molecular weight is 296 g/mol. The lowest BCUT2D eigenvalue weighted by Gasteiger charge is -2.35. The first kappa shape index (κ1) is 12.8. The number of halogens is 3. The summed E-state index contributed by atoms with van der Waals surface area (Å²) in [6.07, 6.45) is -1.85. The molecule has 0 aromatic heterocycles. The number of para-hydroxylation sites is 1. The highest BCUT2D eigenvalue weighted by atomic mass is 35.6. The summed E-state index contributed by atoms with van der Waals surface area (Å²) in [5, 5.41) is 2.90. The summed E-state index contributed by atoms with van der Waals surface area (Å²) in [5.41, 5.74) is 6.56. The Balaban J connectivity index is 2.40. The third-order valence-electron chi connectivity index (χ3n) is 2.36. The summed E-state index contributed by atoms with van der Waals surface area (Å²) in [4.78, 5) is 11.3. The number of primary amides is 1. The van der Waals surface area contributed by atoms with Gasteiger partial charge in [-0.1, -0.05) is 53.0 Å². The van der Waals surface area contributed by atoms with Gasteiger partial charge in [0.15, 0.2) is 12.3 Å². The second-order valence-corrected chi connectivity index (χ2v) is 5.94. The molecule has 3 N–H and O–H groups in total. The Hall–Kier alpha value is -0.680. The standard InChI is InChI=1S/C10H9Cl3N2O2/c11-10(12,13)9-15-6-4-2-1-3-5(6)7(17-9)8(14)16/h1-4,7,9,15H,(H2,14,16). The molecule has 1 amide bonds. The zero-order valence-electron chi connectivity index (χ0n) is 8.49. The number of anilines is 1. The van der Waals surface area contributed by atoms with Gasteiger partial charge in [0.1, 0.15) is 0 Å². The number of rotatable bonds is 1. The quantitative estimate of drug-likeness (QED) is 0.782. The fraction of sp³-hybridized carbons (Fsp3) is 0.300. The lowest BCUT2D eigenvalue weighted by atomic mass is 10.0. The van der Waals surface area contributed by atoms with E-state index < -0.39 is 22.0 Å². The Morgan fingerprint density at radius 3 is 2.59 bits per heavy atom. The van der Waals surface area contributed by atoms with E-state index in [-0.39, 0.29) is 0 Å². The van der Waals surface area contributed by atoms with Gasteiger partial charge in [-0.15, -0.1) is 0 Å². The molecular weight excluding hydrogens is 286 g/mol. The van der Waals surface area contributed by atoms with E-state index in [9.17, 15) is 4.79 Å². The number of hydrogen-bond acceptors (Lipinski definition) is 3. The van der Waals surface area contributed by atoms with Gasteiger partial charge < -0.3 is 15.8 Å². The van der Waals surface area contributed by atoms with E-state index in [0.717, 1.165) is 0 Å². The molecule has 2 unspecified atom stereocenters. The Kier molecular flexibility index (Phi) is 3.41. The van der Waals surface area contributed by atoms with Crippen LogP contribution >= 0.6 is 34.8 Å². The molecule has 1 aliphatic heterocycles. The molecule has 0 saturated carbocycles. The fourth-order valence-electron chi connectivity index (χ4n) is 1.62. The van der Waals surface area contributed by atoms with Crippen LogP contribution in [0.1, 0.15) is 11.7 Å². The zero-order valence-corrected chi connectivity index (χ0v) is 10.8. The molecule has 1 aliphatic rings. The summed E-state index contributed by atoms with van der Waals surface area (Å²) in [7, 11) is 0. The van der Waals surface area contributed by atoms with Crippen LogP contribution < -0.4 is 11.1 Å². The average Bonchev–Trinajstić information content (AvgIpc) is 2.26. The van der Waals surface area contributed by atoms with Crippen molar-refractivity contribution in [1.82, 2.24) is 0 Å². The molecule has 7 heteroatoms. The summed E-state index contributed by atoms with van der Waals surface area (Å²) < 4.78 is 3.66. The topological polar surface area (TPSA) is 64.4 Å². The van der Waals surface area contributed by atoms with Gasteiger partial charge in [-0.05, 0) is 6.07 Å². The van der Waals surface area contributed by atoms with Crippen molar-refractivity contribution in [2.45, 2.75) is 16.1 Å². The van der Waals surface area contributed by atoms with Gasteiger partial charge >= 0.3 is 0 Å². The number of fused-ring (bicyclic) bond motifs is 1. The first-order chi connectivity index (χ1) is 7.89. The largest absolute Gasteiger partial charge is 0.367 e. The molecule has 0 fully saturated rings. The Morgan fingerprint density at radius 1 is 1.35 bits per heavy atom. The first-order valence-electron chi connectivity index (χ1n) is 4.76. The number of nitrogens with one attached hydrogen (secondary N) is 1. The van der Waals surface area contributed by atoms with Crippen LogP contribution in [0.4, 0.5) is 5.69 Å². The third-order valence-corrected chi connectivity index (χ3v) is 2.95. The molecule has 2 rings (SSSR count). The maximum absolute atomic E-state index is 11.3. The van der Waals surface area contributed by atoms with E-state index in [0.29, 0.717) is 11.3 Å². The number of ether oxygens (including phenoxy) is 1. The lowest BCUT2D eigenvalue weighted by molar-refractivity contribution is -0.133. The number of carbonyl (C=O) groups excluding carboxylic acids is 1.